The number of halogens is 4. The van der Waals surface area contributed by atoms with Crippen LogP contribution in [-0.4, -0.2) is 5.78 Å². The van der Waals surface area contributed by atoms with Crippen molar-refractivity contribution in [2.75, 3.05) is 0 Å². The standard InChI is InChI=1S/C13H6F4O/c14-8-4-7(5-9(15)6-8)13(18)10-2-1-3-11(16)12(10)17/h1-6H. The summed E-state index contributed by atoms with van der Waals surface area (Å²) in [7, 11) is 0. The third-order valence-corrected chi connectivity index (χ3v) is 2.32. The lowest BCUT2D eigenvalue weighted by Crippen LogP contribution is -2.06. The van der Waals surface area contributed by atoms with E-state index in [0.717, 1.165) is 30.3 Å². The average molecular weight is 254 g/mol. The van der Waals surface area contributed by atoms with Gasteiger partial charge in [-0.3, -0.25) is 4.79 Å². The molecule has 0 radical (unpaired) electrons. The molecule has 0 aromatic heterocycles. The maximum absolute atomic E-state index is 13.4. The van der Waals surface area contributed by atoms with Gasteiger partial charge in [-0.25, -0.2) is 17.6 Å². The van der Waals surface area contributed by atoms with E-state index in [1.54, 1.807) is 0 Å². The Kier molecular flexibility index (Phi) is 3.14. The van der Waals surface area contributed by atoms with Crippen LogP contribution in [0.4, 0.5) is 17.6 Å². The molecule has 0 spiro atoms. The Labute approximate surface area is 99.7 Å². The highest BCUT2D eigenvalue weighted by Crippen LogP contribution is 2.17. The first-order valence-corrected chi connectivity index (χ1v) is 4.94. The molecule has 2 aromatic carbocycles. The normalized spacial score (nSPS) is 10.4. The molecule has 0 unspecified atom stereocenters. The molecular weight excluding hydrogens is 248 g/mol. The van der Waals surface area contributed by atoms with Crippen molar-refractivity contribution >= 4 is 5.78 Å². The third-order valence-electron chi connectivity index (χ3n) is 2.32. The minimum Gasteiger partial charge on any atom is -0.288 e. The average Bonchev–Trinajstić information content (AvgIpc) is 2.30. The van der Waals surface area contributed by atoms with Gasteiger partial charge in [0, 0.05) is 11.6 Å². The molecule has 1 nitrogen and oxygen atoms in total. The Hall–Kier alpha value is -2.17. The van der Waals surface area contributed by atoms with Crippen molar-refractivity contribution in [1.29, 1.82) is 0 Å². The molecule has 0 saturated carbocycles. The van der Waals surface area contributed by atoms with E-state index >= 15 is 0 Å². The van der Waals surface area contributed by atoms with Gasteiger partial charge in [0.05, 0.1) is 5.56 Å². The number of carbonyl (C=O) groups is 1. The van der Waals surface area contributed by atoms with E-state index in [9.17, 15) is 22.4 Å². The van der Waals surface area contributed by atoms with Crippen molar-refractivity contribution in [2.45, 2.75) is 0 Å². The van der Waals surface area contributed by atoms with Crippen LogP contribution in [-0.2, 0) is 0 Å². The minimum absolute atomic E-state index is 0.378. The summed E-state index contributed by atoms with van der Waals surface area (Å²) in [6.07, 6.45) is 0. The summed E-state index contributed by atoms with van der Waals surface area (Å²) in [4.78, 5) is 11.8. The van der Waals surface area contributed by atoms with E-state index in [1.165, 1.54) is 0 Å². The fraction of sp³-hybridized carbons (Fsp3) is 0. The van der Waals surface area contributed by atoms with Crippen LogP contribution in [0.5, 0.6) is 0 Å². The number of hydrogen-bond acceptors (Lipinski definition) is 1. The van der Waals surface area contributed by atoms with Crippen LogP contribution in [0.2, 0.25) is 0 Å². The van der Waals surface area contributed by atoms with Crippen LogP contribution in [0, 0.1) is 23.3 Å². The van der Waals surface area contributed by atoms with Gasteiger partial charge in [0.15, 0.2) is 17.4 Å². The van der Waals surface area contributed by atoms with Gasteiger partial charge in [0.25, 0.3) is 0 Å². The van der Waals surface area contributed by atoms with Crippen LogP contribution in [0.1, 0.15) is 15.9 Å². The molecule has 0 heterocycles. The molecule has 0 amide bonds. The molecular formula is C13H6F4O. The quantitative estimate of drug-likeness (QED) is 0.592. The van der Waals surface area contributed by atoms with Gasteiger partial charge in [0.2, 0.25) is 0 Å². The van der Waals surface area contributed by atoms with Gasteiger partial charge < -0.3 is 0 Å². The number of carbonyl (C=O) groups excluding carboxylic acids is 1. The van der Waals surface area contributed by atoms with Crippen LogP contribution < -0.4 is 0 Å². The maximum atomic E-state index is 13.4. The molecule has 18 heavy (non-hydrogen) atoms. The van der Waals surface area contributed by atoms with Crippen LogP contribution in [0.3, 0.4) is 0 Å². The zero-order chi connectivity index (χ0) is 13.3. The van der Waals surface area contributed by atoms with Crippen molar-refractivity contribution < 1.29 is 22.4 Å². The third kappa shape index (κ3) is 2.25. The van der Waals surface area contributed by atoms with Gasteiger partial charge in [-0.05, 0) is 24.3 Å². The van der Waals surface area contributed by atoms with Gasteiger partial charge in [-0.15, -0.1) is 0 Å². The summed E-state index contributed by atoms with van der Waals surface area (Å²) in [6.45, 7) is 0. The van der Waals surface area contributed by atoms with E-state index in [1.807, 2.05) is 0 Å². The number of hydrogen-bond donors (Lipinski definition) is 0. The van der Waals surface area contributed by atoms with E-state index in [2.05, 4.69) is 0 Å². The van der Waals surface area contributed by atoms with E-state index < -0.39 is 34.6 Å². The number of rotatable bonds is 2. The second-order valence-electron chi connectivity index (χ2n) is 3.59. The Balaban J connectivity index is 2.51. The predicted molar refractivity (Wildman–Crippen MR) is 56.1 cm³/mol. The van der Waals surface area contributed by atoms with Gasteiger partial charge in [-0.2, -0.15) is 0 Å². The van der Waals surface area contributed by atoms with Gasteiger partial charge in [-0.1, -0.05) is 6.07 Å². The van der Waals surface area contributed by atoms with Crippen molar-refractivity contribution in [3.8, 4) is 0 Å². The summed E-state index contributed by atoms with van der Waals surface area (Å²) < 4.78 is 52.1. The zero-order valence-corrected chi connectivity index (χ0v) is 8.88. The van der Waals surface area contributed by atoms with Crippen LogP contribution in [0.25, 0.3) is 0 Å². The van der Waals surface area contributed by atoms with Crippen LogP contribution in [0.15, 0.2) is 36.4 Å². The zero-order valence-electron chi connectivity index (χ0n) is 8.88. The molecule has 2 rings (SSSR count). The second-order valence-corrected chi connectivity index (χ2v) is 3.59. The lowest BCUT2D eigenvalue weighted by molar-refractivity contribution is 0.103. The summed E-state index contributed by atoms with van der Waals surface area (Å²) in [5.41, 5.74) is -0.947. The minimum atomic E-state index is -1.34. The highest BCUT2D eigenvalue weighted by atomic mass is 19.2. The van der Waals surface area contributed by atoms with Crippen LogP contribution >= 0.6 is 0 Å². The molecule has 0 aliphatic carbocycles. The number of benzene rings is 2. The first-order chi connectivity index (χ1) is 8.49. The molecule has 0 aliphatic rings. The molecule has 5 heteroatoms. The highest BCUT2D eigenvalue weighted by molar-refractivity contribution is 6.09. The largest absolute Gasteiger partial charge is 0.288 e. The summed E-state index contributed by atoms with van der Waals surface area (Å²) >= 11 is 0. The molecule has 0 fully saturated rings. The monoisotopic (exact) mass is 254 g/mol. The molecule has 92 valence electrons. The number of ketones is 1. The maximum Gasteiger partial charge on any atom is 0.196 e. The highest BCUT2D eigenvalue weighted by Gasteiger charge is 2.18. The molecule has 0 atom stereocenters. The van der Waals surface area contributed by atoms with Crippen molar-refractivity contribution in [1.82, 2.24) is 0 Å². The van der Waals surface area contributed by atoms with Crippen molar-refractivity contribution in [3.63, 3.8) is 0 Å². The summed E-state index contributed by atoms with van der Waals surface area (Å²) in [5, 5.41) is 0. The summed E-state index contributed by atoms with van der Waals surface area (Å²) in [6, 6.07) is 5.13. The van der Waals surface area contributed by atoms with Gasteiger partial charge >= 0.3 is 0 Å². The Bertz CT molecular complexity index is 602. The summed E-state index contributed by atoms with van der Waals surface area (Å²) in [5.74, 6) is -5.44. The van der Waals surface area contributed by atoms with Gasteiger partial charge in [0.1, 0.15) is 11.6 Å². The Morgan fingerprint density at radius 2 is 1.50 bits per heavy atom. The van der Waals surface area contributed by atoms with E-state index in [-0.39, 0.29) is 5.56 Å². The molecule has 0 bridgehead atoms. The Morgan fingerprint density at radius 3 is 2.11 bits per heavy atom. The molecule has 0 saturated heterocycles. The molecule has 2 aromatic rings. The van der Waals surface area contributed by atoms with E-state index in [0.29, 0.717) is 6.07 Å². The first-order valence-electron chi connectivity index (χ1n) is 4.94. The fourth-order valence-electron chi connectivity index (χ4n) is 1.52. The van der Waals surface area contributed by atoms with Crippen molar-refractivity contribution in [2.24, 2.45) is 0 Å². The predicted octanol–water partition coefficient (Wildman–Crippen LogP) is 3.47. The molecule has 0 N–H and O–H groups in total. The topological polar surface area (TPSA) is 17.1 Å². The second kappa shape index (κ2) is 4.60. The van der Waals surface area contributed by atoms with Crippen molar-refractivity contribution in [3.05, 3.63) is 70.8 Å². The lowest BCUT2D eigenvalue weighted by Gasteiger charge is -2.04. The lowest BCUT2D eigenvalue weighted by atomic mass is 10.0. The first kappa shape index (κ1) is 12.3. The smallest absolute Gasteiger partial charge is 0.196 e. The fourth-order valence-corrected chi connectivity index (χ4v) is 1.52. The molecule has 0 aliphatic heterocycles. The Morgan fingerprint density at radius 1 is 0.889 bits per heavy atom. The SMILES string of the molecule is O=C(c1cc(F)cc(F)c1)c1cccc(F)c1F. The van der Waals surface area contributed by atoms with E-state index in [4.69, 9.17) is 0 Å².